The average Bonchev–Trinajstić information content (AvgIpc) is 2.24. The molecular weight excluding hydrogens is 248 g/mol. The van der Waals surface area contributed by atoms with E-state index in [0.29, 0.717) is 0 Å². The fourth-order valence-electron chi connectivity index (χ4n) is 0.948. The Labute approximate surface area is 104 Å². The van der Waals surface area contributed by atoms with Gasteiger partial charge in [0.25, 0.3) is 0 Å². The SMILES string of the molecule is CC(C)Oc1nc(Cl)nc(NCC(O)CO)n1. The normalized spacial score (nSPS) is 12.6. The summed E-state index contributed by atoms with van der Waals surface area (Å²) in [7, 11) is 0. The predicted octanol–water partition coefficient (Wildman–Crippen LogP) is 0.0773. The van der Waals surface area contributed by atoms with Crippen LogP contribution in [0.15, 0.2) is 0 Å². The van der Waals surface area contributed by atoms with E-state index in [4.69, 9.17) is 26.6 Å². The van der Waals surface area contributed by atoms with Crippen LogP contribution in [0.4, 0.5) is 5.95 Å². The van der Waals surface area contributed by atoms with Gasteiger partial charge in [0.2, 0.25) is 11.2 Å². The van der Waals surface area contributed by atoms with Crippen LogP contribution in [-0.2, 0) is 0 Å². The smallest absolute Gasteiger partial charge is 0.322 e. The molecule has 0 aliphatic carbocycles. The molecule has 0 spiro atoms. The lowest BCUT2D eigenvalue weighted by atomic mass is 10.4. The van der Waals surface area contributed by atoms with E-state index in [1.165, 1.54) is 0 Å². The highest BCUT2D eigenvalue weighted by molar-refractivity contribution is 6.28. The Kier molecular flexibility index (Phi) is 5.33. The maximum absolute atomic E-state index is 9.16. The Bertz CT molecular complexity index is 364. The van der Waals surface area contributed by atoms with Gasteiger partial charge in [0.15, 0.2) is 0 Å². The van der Waals surface area contributed by atoms with Crippen molar-refractivity contribution in [2.45, 2.75) is 26.1 Å². The third kappa shape index (κ3) is 5.12. The van der Waals surface area contributed by atoms with E-state index in [9.17, 15) is 0 Å². The number of nitrogens with zero attached hydrogens (tertiary/aromatic N) is 3. The predicted molar refractivity (Wildman–Crippen MR) is 62.2 cm³/mol. The van der Waals surface area contributed by atoms with Crippen LogP contribution in [0.5, 0.6) is 6.01 Å². The van der Waals surface area contributed by atoms with E-state index in [1.54, 1.807) is 0 Å². The number of hydrogen-bond acceptors (Lipinski definition) is 7. The Balaban J connectivity index is 2.68. The monoisotopic (exact) mass is 262 g/mol. The molecule has 8 heteroatoms. The zero-order chi connectivity index (χ0) is 12.8. The van der Waals surface area contributed by atoms with Crippen LogP contribution in [0.1, 0.15) is 13.8 Å². The van der Waals surface area contributed by atoms with Gasteiger partial charge in [-0.2, -0.15) is 15.0 Å². The fourth-order valence-corrected chi connectivity index (χ4v) is 1.10. The minimum Gasteiger partial charge on any atom is -0.461 e. The van der Waals surface area contributed by atoms with Gasteiger partial charge in [0.1, 0.15) is 0 Å². The molecule has 0 saturated carbocycles. The lowest BCUT2D eigenvalue weighted by Crippen LogP contribution is -2.24. The van der Waals surface area contributed by atoms with Crippen molar-refractivity contribution < 1.29 is 14.9 Å². The van der Waals surface area contributed by atoms with E-state index in [0.717, 1.165) is 0 Å². The molecule has 3 N–H and O–H groups in total. The van der Waals surface area contributed by atoms with Gasteiger partial charge in [-0.05, 0) is 25.4 Å². The number of aliphatic hydroxyl groups excluding tert-OH is 2. The number of rotatable bonds is 6. The van der Waals surface area contributed by atoms with Gasteiger partial charge in [-0.3, -0.25) is 0 Å². The molecule has 17 heavy (non-hydrogen) atoms. The summed E-state index contributed by atoms with van der Waals surface area (Å²) in [5.41, 5.74) is 0. The summed E-state index contributed by atoms with van der Waals surface area (Å²) in [6, 6.07) is 0.112. The largest absolute Gasteiger partial charge is 0.461 e. The lowest BCUT2D eigenvalue weighted by Gasteiger charge is -2.11. The minimum absolute atomic E-state index is 0.00311. The van der Waals surface area contributed by atoms with Crippen LogP contribution in [-0.4, -0.2) is 50.5 Å². The van der Waals surface area contributed by atoms with Crippen LogP contribution in [0.25, 0.3) is 0 Å². The van der Waals surface area contributed by atoms with Gasteiger partial charge >= 0.3 is 6.01 Å². The first-order chi connectivity index (χ1) is 8.01. The number of hydrogen-bond donors (Lipinski definition) is 3. The molecule has 1 unspecified atom stereocenters. The van der Waals surface area contributed by atoms with E-state index in [2.05, 4.69) is 20.3 Å². The van der Waals surface area contributed by atoms with Crippen molar-refractivity contribution in [3.63, 3.8) is 0 Å². The number of nitrogens with one attached hydrogen (secondary N) is 1. The summed E-state index contributed by atoms with van der Waals surface area (Å²) >= 11 is 5.69. The maximum Gasteiger partial charge on any atom is 0.322 e. The summed E-state index contributed by atoms with van der Waals surface area (Å²) in [4.78, 5) is 11.5. The molecule has 1 rings (SSSR count). The van der Waals surface area contributed by atoms with Gasteiger partial charge in [-0.15, -0.1) is 0 Å². The molecule has 1 atom stereocenters. The Morgan fingerprint density at radius 3 is 2.65 bits per heavy atom. The van der Waals surface area contributed by atoms with Gasteiger partial charge in [0.05, 0.1) is 18.8 Å². The third-order valence-corrected chi connectivity index (χ3v) is 1.80. The molecule has 96 valence electrons. The molecule has 1 aromatic heterocycles. The lowest BCUT2D eigenvalue weighted by molar-refractivity contribution is 0.105. The molecule has 0 amide bonds. The Morgan fingerprint density at radius 2 is 2.06 bits per heavy atom. The number of anilines is 1. The summed E-state index contributed by atoms with van der Waals surface area (Å²) in [5, 5.41) is 20.5. The second-order valence-electron chi connectivity index (χ2n) is 3.59. The fraction of sp³-hybridized carbons (Fsp3) is 0.667. The first-order valence-corrected chi connectivity index (χ1v) is 5.50. The van der Waals surface area contributed by atoms with Crippen LogP contribution in [0.3, 0.4) is 0 Å². The highest BCUT2D eigenvalue weighted by Gasteiger charge is 2.09. The molecule has 1 aromatic rings. The first-order valence-electron chi connectivity index (χ1n) is 5.12. The number of ether oxygens (including phenoxy) is 1. The van der Waals surface area contributed by atoms with Crippen molar-refractivity contribution in [2.24, 2.45) is 0 Å². The molecule has 0 aliphatic rings. The maximum atomic E-state index is 9.16. The zero-order valence-corrected chi connectivity index (χ0v) is 10.3. The summed E-state index contributed by atoms with van der Waals surface area (Å²) in [6.07, 6.45) is -0.968. The molecule has 0 radical (unpaired) electrons. The van der Waals surface area contributed by atoms with Crippen molar-refractivity contribution in [2.75, 3.05) is 18.5 Å². The zero-order valence-electron chi connectivity index (χ0n) is 9.59. The molecule has 0 bridgehead atoms. The van der Waals surface area contributed by atoms with Crippen molar-refractivity contribution >= 4 is 17.5 Å². The van der Waals surface area contributed by atoms with Gasteiger partial charge in [-0.1, -0.05) is 0 Å². The quantitative estimate of drug-likeness (QED) is 0.667. The summed E-state index contributed by atoms with van der Waals surface area (Å²) in [6.45, 7) is 3.43. The molecule has 1 heterocycles. The molecule has 0 fully saturated rings. The van der Waals surface area contributed by atoms with E-state index in [-0.39, 0.29) is 36.5 Å². The summed E-state index contributed by atoms with van der Waals surface area (Å²) < 4.78 is 5.27. The highest BCUT2D eigenvalue weighted by Crippen LogP contribution is 2.12. The Hall–Kier alpha value is -1.18. The van der Waals surface area contributed by atoms with Crippen molar-refractivity contribution in [1.29, 1.82) is 0 Å². The molecule has 7 nitrogen and oxygen atoms in total. The molecule has 0 aromatic carbocycles. The van der Waals surface area contributed by atoms with Crippen molar-refractivity contribution in [1.82, 2.24) is 15.0 Å². The van der Waals surface area contributed by atoms with Crippen molar-refractivity contribution in [3.05, 3.63) is 5.28 Å². The van der Waals surface area contributed by atoms with Crippen LogP contribution >= 0.6 is 11.6 Å². The number of halogens is 1. The Morgan fingerprint density at radius 1 is 1.35 bits per heavy atom. The van der Waals surface area contributed by atoms with Crippen LogP contribution < -0.4 is 10.1 Å². The molecule has 0 saturated heterocycles. The first kappa shape index (κ1) is 13.9. The second kappa shape index (κ2) is 6.53. The van der Waals surface area contributed by atoms with E-state index in [1.807, 2.05) is 13.8 Å². The number of aromatic nitrogens is 3. The molecular formula is C9H15ClN4O3. The number of aliphatic hydroxyl groups is 2. The van der Waals surface area contributed by atoms with Gasteiger partial charge in [-0.25, -0.2) is 0 Å². The van der Waals surface area contributed by atoms with Crippen LogP contribution in [0.2, 0.25) is 5.28 Å². The third-order valence-electron chi connectivity index (χ3n) is 1.64. The molecule has 0 aliphatic heterocycles. The van der Waals surface area contributed by atoms with E-state index < -0.39 is 6.10 Å². The van der Waals surface area contributed by atoms with Crippen molar-refractivity contribution in [3.8, 4) is 6.01 Å². The second-order valence-corrected chi connectivity index (χ2v) is 3.93. The minimum atomic E-state index is -0.889. The topological polar surface area (TPSA) is 100 Å². The summed E-state index contributed by atoms with van der Waals surface area (Å²) in [5.74, 6) is 0.188. The van der Waals surface area contributed by atoms with Gasteiger partial charge < -0.3 is 20.3 Å². The standard InChI is InChI=1S/C9H15ClN4O3/c1-5(2)17-9-13-7(10)12-8(14-9)11-3-6(16)4-15/h5-6,15-16H,3-4H2,1-2H3,(H,11,12,13,14). The van der Waals surface area contributed by atoms with Gasteiger partial charge in [0, 0.05) is 6.54 Å². The van der Waals surface area contributed by atoms with E-state index >= 15 is 0 Å². The highest BCUT2D eigenvalue weighted by atomic mass is 35.5. The van der Waals surface area contributed by atoms with Crippen LogP contribution in [0, 0.1) is 0 Å². The average molecular weight is 263 g/mol.